The Hall–Kier alpha value is -1.67. The maximum atomic E-state index is 11.8. The lowest BCUT2D eigenvalue weighted by Crippen LogP contribution is -2.12. The minimum Gasteiger partial charge on any atom is -0.399 e. The Kier molecular flexibility index (Phi) is 2.75. The Balaban J connectivity index is 2.33. The van der Waals surface area contributed by atoms with E-state index in [-0.39, 0.29) is 4.90 Å². The van der Waals surface area contributed by atoms with E-state index in [1.54, 1.807) is 12.1 Å². The Labute approximate surface area is 96.3 Å². The largest absolute Gasteiger partial charge is 0.399 e. The number of aromatic nitrogens is 2. The van der Waals surface area contributed by atoms with Crippen molar-refractivity contribution in [1.82, 2.24) is 9.59 Å². The van der Waals surface area contributed by atoms with Crippen LogP contribution in [0.25, 0.3) is 0 Å². The Morgan fingerprint density at radius 2 is 2.19 bits per heavy atom. The van der Waals surface area contributed by atoms with Crippen molar-refractivity contribution in [1.29, 1.82) is 0 Å². The average Bonchev–Trinajstić information content (AvgIpc) is 2.70. The SMILES string of the molecule is Nc1cccc(S(=O)(=O)Nc2cnns2)c1. The lowest BCUT2D eigenvalue weighted by molar-refractivity contribution is 0.601. The van der Waals surface area contributed by atoms with Crippen LogP contribution in [0.15, 0.2) is 35.4 Å². The maximum absolute atomic E-state index is 11.8. The number of rotatable bonds is 3. The van der Waals surface area contributed by atoms with E-state index >= 15 is 0 Å². The molecule has 16 heavy (non-hydrogen) atoms. The number of nitrogens with zero attached hydrogens (tertiary/aromatic N) is 2. The normalized spacial score (nSPS) is 11.2. The van der Waals surface area contributed by atoms with E-state index < -0.39 is 10.0 Å². The maximum Gasteiger partial charge on any atom is 0.262 e. The van der Waals surface area contributed by atoms with Crippen LogP contribution < -0.4 is 10.5 Å². The van der Waals surface area contributed by atoms with Gasteiger partial charge in [-0.15, -0.1) is 5.10 Å². The van der Waals surface area contributed by atoms with Crippen molar-refractivity contribution < 1.29 is 8.42 Å². The number of nitrogens with two attached hydrogens (primary N) is 1. The van der Waals surface area contributed by atoms with E-state index in [1.807, 2.05) is 0 Å². The lowest BCUT2D eigenvalue weighted by atomic mass is 10.3. The van der Waals surface area contributed by atoms with Gasteiger partial charge in [0.05, 0.1) is 11.1 Å². The van der Waals surface area contributed by atoms with Crippen LogP contribution in [-0.2, 0) is 10.0 Å². The van der Waals surface area contributed by atoms with E-state index in [0.29, 0.717) is 10.7 Å². The predicted molar refractivity (Wildman–Crippen MR) is 61.6 cm³/mol. The number of hydrogen-bond donors (Lipinski definition) is 2. The second kappa shape index (κ2) is 4.06. The molecule has 0 fully saturated rings. The zero-order valence-electron chi connectivity index (χ0n) is 7.99. The van der Waals surface area contributed by atoms with Gasteiger partial charge in [0.25, 0.3) is 10.0 Å². The highest BCUT2D eigenvalue weighted by Crippen LogP contribution is 2.18. The summed E-state index contributed by atoms with van der Waals surface area (Å²) in [5.74, 6) is 0. The average molecular weight is 256 g/mol. The summed E-state index contributed by atoms with van der Waals surface area (Å²) in [5.41, 5.74) is 5.91. The third-order valence-electron chi connectivity index (χ3n) is 1.76. The van der Waals surface area contributed by atoms with Crippen molar-refractivity contribution in [2.24, 2.45) is 0 Å². The molecule has 0 bridgehead atoms. The second-order valence-electron chi connectivity index (χ2n) is 2.96. The van der Waals surface area contributed by atoms with Gasteiger partial charge in [-0.3, -0.25) is 4.72 Å². The predicted octanol–water partition coefficient (Wildman–Crippen LogP) is 0.921. The van der Waals surface area contributed by atoms with Gasteiger partial charge in [0.2, 0.25) is 0 Å². The molecule has 0 spiro atoms. The van der Waals surface area contributed by atoms with Crippen molar-refractivity contribution in [2.45, 2.75) is 4.90 Å². The highest BCUT2D eigenvalue weighted by Gasteiger charge is 2.15. The number of benzene rings is 1. The van der Waals surface area contributed by atoms with Crippen LogP contribution >= 0.6 is 11.5 Å². The van der Waals surface area contributed by atoms with Crippen LogP contribution in [0.4, 0.5) is 10.7 Å². The van der Waals surface area contributed by atoms with Crippen LogP contribution in [-0.4, -0.2) is 18.0 Å². The van der Waals surface area contributed by atoms with Gasteiger partial charge in [-0.25, -0.2) is 8.42 Å². The molecule has 0 unspecified atom stereocenters. The minimum absolute atomic E-state index is 0.112. The van der Waals surface area contributed by atoms with Gasteiger partial charge in [0.15, 0.2) is 0 Å². The van der Waals surface area contributed by atoms with Crippen molar-refractivity contribution in [3.63, 3.8) is 0 Å². The first-order valence-electron chi connectivity index (χ1n) is 4.24. The van der Waals surface area contributed by atoms with Crippen molar-refractivity contribution in [3.05, 3.63) is 30.5 Å². The van der Waals surface area contributed by atoms with E-state index in [1.165, 1.54) is 18.3 Å². The third-order valence-corrected chi connectivity index (χ3v) is 3.84. The third kappa shape index (κ3) is 2.28. The van der Waals surface area contributed by atoms with Gasteiger partial charge in [-0.2, -0.15) is 0 Å². The molecule has 3 N–H and O–H groups in total. The van der Waals surface area contributed by atoms with Gasteiger partial charge >= 0.3 is 0 Å². The Bertz CT molecular complexity index is 580. The fourth-order valence-corrected chi connectivity index (χ4v) is 2.82. The smallest absolute Gasteiger partial charge is 0.262 e. The molecule has 2 aromatic rings. The molecule has 1 heterocycles. The quantitative estimate of drug-likeness (QED) is 0.796. The zero-order valence-corrected chi connectivity index (χ0v) is 9.62. The molecular weight excluding hydrogens is 248 g/mol. The molecule has 84 valence electrons. The molecule has 6 nitrogen and oxygen atoms in total. The van der Waals surface area contributed by atoms with E-state index in [0.717, 1.165) is 11.5 Å². The molecule has 0 amide bonds. The first-order valence-corrected chi connectivity index (χ1v) is 6.49. The lowest BCUT2D eigenvalue weighted by Gasteiger charge is -2.05. The van der Waals surface area contributed by atoms with Crippen LogP contribution in [0.1, 0.15) is 0 Å². The molecule has 1 aromatic carbocycles. The molecule has 0 radical (unpaired) electrons. The second-order valence-corrected chi connectivity index (χ2v) is 5.43. The van der Waals surface area contributed by atoms with Gasteiger partial charge in [0.1, 0.15) is 5.00 Å². The molecule has 0 atom stereocenters. The number of hydrogen-bond acceptors (Lipinski definition) is 6. The fraction of sp³-hybridized carbons (Fsp3) is 0. The van der Waals surface area contributed by atoms with Gasteiger partial charge in [-0.05, 0) is 18.2 Å². The number of nitrogen functional groups attached to an aromatic ring is 1. The molecule has 0 aliphatic rings. The summed E-state index contributed by atoms with van der Waals surface area (Å²) in [6.45, 7) is 0. The molecular formula is C8H8N4O2S2. The highest BCUT2D eigenvalue weighted by atomic mass is 32.2. The van der Waals surface area contributed by atoms with Gasteiger partial charge < -0.3 is 5.73 Å². The Morgan fingerprint density at radius 3 is 2.81 bits per heavy atom. The fourth-order valence-electron chi connectivity index (χ4n) is 1.09. The summed E-state index contributed by atoms with van der Waals surface area (Å²) < 4.78 is 29.6. The monoisotopic (exact) mass is 256 g/mol. The van der Waals surface area contributed by atoms with Crippen LogP contribution in [0.2, 0.25) is 0 Å². The molecule has 0 saturated heterocycles. The van der Waals surface area contributed by atoms with Crippen LogP contribution in [0.5, 0.6) is 0 Å². The molecule has 0 saturated carbocycles. The van der Waals surface area contributed by atoms with Crippen molar-refractivity contribution in [2.75, 3.05) is 10.5 Å². The minimum atomic E-state index is -3.61. The summed E-state index contributed by atoms with van der Waals surface area (Å²) in [7, 11) is -3.61. The molecule has 0 aliphatic heterocycles. The standard InChI is InChI=1S/C8H8N4O2S2/c9-6-2-1-3-7(4-6)16(13,14)11-8-5-10-12-15-8/h1-5,11H,9H2. The van der Waals surface area contributed by atoms with Crippen LogP contribution in [0, 0.1) is 0 Å². The van der Waals surface area contributed by atoms with Crippen molar-refractivity contribution >= 4 is 32.2 Å². The number of anilines is 2. The Morgan fingerprint density at radius 1 is 1.38 bits per heavy atom. The first kappa shape index (κ1) is 10.8. The molecule has 8 heteroatoms. The van der Waals surface area contributed by atoms with E-state index in [2.05, 4.69) is 14.3 Å². The number of sulfonamides is 1. The van der Waals surface area contributed by atoms with E-state index in [4.69, 9.17) is 5.73 Å². The topological polar surface area (TPSA) is 98.0 Å². The highest BCUT2D eigenvalue weighted by molar-refractivity contribution is 7.93. The molecule has 0 aliphatic carbocycles. The summed E-state index contributed by atoms with van der Waals surface area (Å²) in [4.78, 5) is 0.112. The summed E-state index contributed by atoms with van der Waals surface area (Å²) in [5, 5.41) is 3.90. The summed E-state index contributed by atoms with van der Waals surface area (Å²) in [6.07, 6.45) is 1.34. The van der Waals surface area contributed by atoms with Crippen molar-refractivity contribution in [3.8, 4) is 0 Å². The van der Waals surface area contributed by atoms with Gasteiger partial charge in [-0.1, -0.05) is 10.6 Å². The first-order chi connectivity index (χ1) is 7.58. The molecule has 2 rings (SSSR count). The summed E-state index contributed by atoms with van der Waals surface area (Å²) in [6, 6.07) is 6.05. The molecule has 1 aromatic heterocycles. The summed E-state index contributed by atoms with van der Waals surface area (Å²) >= 11 is 0.966. The number of nitrogens with one attached hydrogen (secondary N) is 1. The zero-order chi connectivity index (χ0) is 11.6. The van der Waals surface area contributed by atoms with E-state index in [9.17, 15) is 8.42 Å². The van der Waals surface area contributed by atoms with Crippen LogP contribution in [0.3, 0.4) is 0 Å². The van der Waals surface area contributed by atoms with Gasteiger partial charge in [0, 0.05) is 17.2 Å².